The van der Waals surface area contributed by atoms with E-state index in [4.69, 9.17) is 40.0 Å². The highest BCUT2D eigenvalue weighted by atomic mass is 35.5. The lowest BCUT2D eigenvalue weighted by Gasteiger charge is -2.49. The first-order valence-corrected chi connectivity index (χ1v) is 26.1. The van der Waals surface area contributed by atoms with Crippen LogP contribution in [0.15, 0.2) is 36.7 Å². The van der Waals surface area contributed by atoms with Gasteiger partial charge in [-0.05, 0) is 118 Å². The number of benzene rings is 1. The summed E-state index contributed by atoms with van der Waals surface area (Å²) in [6.45, 7) is 19.7. The maximum absolute atomic E-state index is 14.5. The van der Waals surface area contributed by atoms with Crippen LogP contribution in [0.1, 0.15) is 107 Å². The SMILES string of the molecule is CC[C@H]1OC(=O)[C@H](C)[C@@H](O[C@H]2C[C@@](C)(OC)[C@@H](O)[C@H](C)O2)[C@H](C)[C@@H](O[C@@H]2O[C@H](C)C[C@H](N(C)Cc3cn(CCCNc4ccnc5cc(Cl)ccc45)nn3)[C@H]2O)[C@](C)(O)C[C@@H](C)CN(C)[C@H](C)[C@@H](O)[C@]1(C)O. The molecule has 6 N–H and O–H groups in total. The Morgan fingerprint density at radius 1 is 1.00 bits per heavy atom. The van der Waals surface area contributed by atoms with Crippen LogP contribution >= 0.6 is 11.6 Å². The minimum Gasteiger partial charge on any atom is -0.459 e. The van der Waals surface area contributed by atoms with Crippen LogP contribution in [0.4, 0.5) is 5.69 Å². The molecule has 3 aliphatic heterocycles. The van der Waals surface area contributed by atoms with Crippen LogP contribution in [0.25, 0.3) is 10.9 Å². The fraction of sp³-hybridized carbons (Fsp3) is 0.769. The molecule has 3 saturated heterocycles. The first-order valence-electron chi connectivity index (χ1n) is 25.7. The molecule has 0 bridgehead atoms. The number of aliphatic hydroxyl groups is 5. The predicted octanol–water partition coefficient (Wildman–Crippen LogP) is 4.77. The Hall–Kier alpha value is -3.15. The zero-order valence-corrected chi connectivity index (χ0v) is 45.4. The number of esters is 1. The Labute approximate surface area is 430 Å². The molecule has 0 saturated carbocycles. The summed E-state index contributed by atoms with van der Waals surface area (Å²) < 4.78 is 40.1. The van der Waals surface area contributed by atoms with Crippen molar-refractivity contribution in [2.75, 3.05) is 39.6 Å². The van der Waals surface area contributed by atoms with Gasteiger partial charge in [0.15, 0.2) is 12.6 Å². The molecule has 5 heterocycles. The number of aliphatic hydroxyl groups excluding tert-OH is 3. The maximum atomic E-state index is 14.5. The highest BCUT2D eigenvalue weighted by Gasteiger charge is 2.53. The third-order valence-corrected chi connectivity index (χ3v) is 15.9. The van der Waals surface area contributed by atoms with Gasteiger partial charge in [-0.3, -0.25) is 19.4 Å². The number of carbonyl (C=O) groups is 1. The van der Waals surface area contributed by atoms with E-state index < -0.39 is 102 Å². The summed E-state index contributed by atoms with van der Waals surface area (Å²) in [5.74, 6) is -2.79. The first-order chi connectivity index (χ1) is 33.8. The zero-order chi connectivity index (χ0) is 53.0. The van der Waals surface area contributed by atoms with Gasteiger partial charge in [0.2, 0.25) is 0 Å². The summed E-state index contributed by atoms with van der Waals surface area (Å²) in [5.41, 5.74) is -2.03. The van der Waals surface area contributed by atoms with Gasteiger partial charge in [0.1, 0.15) is 30.0 Å². The van der Waals surface area contributed by atoms with Crippen molar-refractivity contribution in [3.05, 3.63) is 47.4 Å². The number of pyridine rings is 1. The molecule has 0 aliphatic carbocycles. The molecule has 3 fully saturated rings. The molecule has 20 heteroatoms. The van der Waals surface area contributed by atoms with E-state index in [0.29, 0.717) is 37.6 Å². The van der Waals surface area contributed by atoms with Gasteiger partial charge < -0.3 is 64.2 Å². The van der Waals surface area contributed by atoms with Crippen molar-refractivity contribution in [3.63, 3.8) is 0 Å². The lowest BCUT2D eigenvalue weighted by atomic mass is 9.77. The standard InChI is InChI=1S/C52H84ClN7O12/c1-14-41-52(10,66)45(62)33(6)58(11)26-29(2)24-50(8,65)47(31(4)44(32(5)48(64)70-41)71-42-25-51(9,67-13)46(63)34(7)69-42)72-49-43(61)40(22-30(3)68-49)59(12)27-36-28-60(57-56-36)21-15-19-54-38-18-20-55-39-23-35(53)16-17-37(38)39/h16-18,20,23,28-34,40-47,49,61-63,65-66H,14-15,19,21-22,24-27H2,1-13H3,(H,54,55)/t29-,30-,31+,32-,33-,34+,40+,41-,42+,43-,44+,45-,46+,47-,49+,50-,51-,52-/m1/s1. The van der Waals surface area contributed by atoms with Gasteiger partial charge >= 0.3 is 5.97 Å². The van der Waals surface area contributed by atoms with Gasteiger partial charge in [0, 0.05) is 86.2 Å². The second-order valence-electron chi connectivity index (χ2n) is 21.9. The molecule has 72 heavy (non-hydrogen) atoms. The molecule has 0 spiro atoms. The number of carbonyl (C=O) groups excluding carboxylic acids is 1. The lowest BCUT2D eigenvalue weighted by molar-refractivity contribution is -0.318. The second kappa shape index (κ2) is 24.2. The van der Waals surface area contributed by atoms with Crippen molar-refractivity contribution < 1.29 is 58.7 Å². The van der Waals surface area contributed by atoms with E-state index in [1.54, 1.807) is 52.4 Å². The smallest absolute Gasteiger partial charge is 0.311 e. The number of ether oxygens (including phenoxy) is 6. The zero-order valence-electron chi connectivity index (χ0n) is 44.6. The van der Waals surface area contributed by atoms with E-state index in [9.17, 15) is 30.3 Å². The van der Waals surface area contributed by atoms with E-state index in [-0.39, 0.29) is 31.3 Å². The maximum Gasteiger partial charge on any atom is 0.311 e. The normalized spacial score (nSPS) is 39.1. The molecule has 6 rings (SSSR count). The predicted molar refractivity (Wildman–Crippen MR) is 272 cm³/mol. The molecule has 18 atom stereocenters. The molecule has 3 aliphatic rings. The number of hydrogen-bond acceptors (Lipinski definition) is 18. The molecule has 1 aromatic carbocycles. The number of fused-ring (bicyclic) bond motifs is 1. The fourth-order valence-electron chi connectivity index (χ4n) is 11.3. The van der Waals surface area contributed by atoms with Gasteiger partial charge in [-0.2, -0.15) is 0 Å². The summed E-state index contributed by atoms with van der Waals surface area (Å²) in [4.78, 5) is 22.8. The van der Waals surface area contributed by atoms with Crippen molar-refractivity contribution in [1.82, 2.24) is 29.8 Å². The lowest BCUT2D eigenvalue weighted by Crippen LogP contribution is -2.60. The van der Waals surface area contributed by atoms with E-state index in [0.717, 1.165) is 28.7 Å². The van der Waals surface area contributed by atoms with Crippen molar-refractivity contribution in [1.29, 1.82) is 0 Å². The highest BCUT2D eigenvalue weighted by Crippen LogP contribution is 2.40. The van der Waals surface area contributed by atoms with E-state index in [2.05, 4.69) is 20.6 Å². The number of halogens is 1. The number of nitrogens with zero attached hydrogens (tertiary/aromatic N) is 6. The minimum atomic E-state index is -1.84. The third-order valence-electron chi connectivity index (χ3n) is 15.7. The molecule has 0 unspecified atom stereocenters. The Balaban J connectivity index is 1.24. The summed E-state index contributed by atoms with van der Waals surface area (Å²) in [6.07, 6.45) is -4.70. The minimum absolute atomic E-state index is 0.100. The summed E-state index contributed by atoms with van der Waals surface area (Å²) in [7, 11) is 5.25. The molecular weight excluding hydrogens is 950 g/mol. The Kier molecular flexibility index (Phi) is 19.6. The van der Waals surface area contributed by atoms with Crippen LogP contribution in [0.2, 0.25) is 5.02 Å². The van der Waals surface area contributed by atoms with Crippen LogP contribution in [0, 0.1) is 17.8 Å². The van der Waals surface area contributed by atoms with E-state index in [1.807, 2.05) is 75.1 Å². The van der Waals surface area contributed by atoms with Gasteiger partial charge in [0.25, 0.3) is 0 Å². The van der Waals surface area contributed by atoms with Gasteiger partial charge in [-0.15, -0.1) is 5.10 Å². The largest absolute Gasteiger partial charge is 0.459 e. The summed E-state index contributed by atoms with van der Waals surface area (Å²) in [5, 5.41) is 73.7. The number of aromatic nitrogens is 4. The molecule has 3 aromatic rings. The van der Waals surface area contributed by atoms with Gasteiger partial charge in [-0.1, -0.05) is 37.6 Å². The number of nitrogens with one attached hydrogen (secondary N) is 1. The molecular formula is C52H84ClN7O12. The van der Waals surface area contributed by atoms with Crippen LogP contribution in [0.3, 0.4) is 0 Å². The number of anilines is 1. The molecule has 0 radical (unpaired) electrons. The quantitative estimate of drug-likeness (QED) is 0.0943. The summed E-state index contributed by atoms with van der Waals surface area (Å²) in [6, 6.07) is 6.56. The second-order valence-corrected chi connectivity index (χ2v) is 22.3. The first kappa shape index (κ1) is 58.1. The van der Waals surface area contributed by atoms with Crippen LogP contribution < -0.4 is 5.32 Å². The Morgan fingerprint density at radius 2 is 1.72 bits per heavy atom. The van der Waals surface area contributed by atoms with Gasteiger partial charge in [0.05, 0.1) is 52.7 Å². The van der Waals surface area contributed by atoms with E-state index in [1.165, 1.54) is 14.0 Å². The topological polar surface area (TPSA) is 236 Å². The van der Waals surface area contributed by atoms with Crippen molar-refractivity contribution in [3.8, 4) is 0 Å². The van der Waals surface area contributed by atoms with Crippen molar-refractivity contribution in [2.45, 2.75) is 205 Å². The molecule has 19 nitrogen and oxygen atoms in total. The van der Waals surface area contributed by atoms with Crippen LogP contribution in [0.5, 0.6) is 0 Å². The third kappa shape index (κ3) is 13.4. The summed E-state index contributed by atoms with van der Waals surface area (Å²) >= 11 is 6.18. The number of cyclic esters (lactones) is 1. The van der Waals surface area contributed by atoms with Crippen LogP contribution in [-0.4, -0.2) is 186 Å². The Morgan fingerprint density at radius 3 is 2.42 bits per heavy atom. The molecule has 0 amide bonds. The fourth-order valence-corrected chi connectivity index (χ4v) is 11.5. The number of aryl methyl sites for hydroxylation is 1. The van der Waals surface area contributed by atoms with E-state index >= 15 is 0 Å². The molecule has 2 aromatic heterocycles. The number of methoxy groups -OCH3 is 1. The average Bonchev–Trinajstić information content (AvgIpc) is 3.77. The Bertz CT molecular complexity index is 2220. The van der Waals surface area contributed by atoms with Crippen LogP contribution in [-0.2, 0) is 46.3 Å². The van der Waals surface area contributed by atoms with Crippen molar-refractivity contribution >= 4 is 34.2 Å². The average molecular weight is 1030 g/mol. The number of likely N-dealkylation sites (N-methyl/N-ethyl adjacent to an activating group) is 2. The van der Waals surface area contributed by atoms with Gasteiger partial charge in [-0.25, -0.2) is 0 Å². The highest BCUT2D eigenvalue weighted by molar-refractivity contribution is 6.31. The molecule has 406 valence electrons. The monoisotopic (exact) mass is 1030 g/mol. The van der Waals surface area contributed by atoms with Crippen molar-refractivity contribution in [2.24, 2.45) is 17.8 Å². The number of rotatable bonds is 14. The number of hydrogen-bond donors (Lipinski definition) is 6.